The van der Waals surface area contributed by atoms with Gasteiger partial charge >= 0.3 is 0 Å². The number of carbonyl (C=O) groups excluding carboxylic acids is 1. The first-order valence-corrected chi connectivity index (χ1v) is 13.2. The van der Waals surface area contributed by atoms with E-state index < -0.39 is 6.35 Å². The SMILES string of the molecule is CC(=O)N1CCN(c2cc(C)c(N3CC4(CCC(c5ccccc5)(N(C)C)CC4)NC3O)cn2)CC1. The molecule has 8 heteroatoms. The van der Waals surface area contributed by atoms with Crippen LogP contribution in [0.1, 0.15) is 43.7 Å². The molecule has 8 nitrogen and oxygen atoms in total. The number of aromatic nitrogens is 1. The molecule has 2 saturated heterocycles. The van der Waals surface area contributed by atoms with Gasteiger partial charge in [-0.2, -0.15) is 0 Å². The van der Waals surface area contributed by atoms with Gasteiger partial charge in [-0.15, -0.1) is 0 Å². The number of aliphatic hydroxyl groups is 1. The number of piperazine rings is 1. The van der Waals surface area contributed by atoms with E-state index in [0.717, 1.165) is 75.5 Å². The highest BCUT2D eigenvalue weighted by atomic mass is 16.3. The Labute approximate surface area is 214 Å². The van der Waals surface area contributed by atoms with Crippen molar-refractivity contribution in [3.63, 3.8) is 0 Å². The van der Waals surface area contributed by atoms with Crippen LogP contribution < -0.4 is 15.1 Å². The van der Waals surface area contributed by atoms with Gasteiger partial charge in [0.05, 0.1) is 11.9 Å². The summed E-state index contributed by atoms with van der Waals surface area (Å²) in [7, 11) is 4.37. The molecule has 1 aliphatic carbocycles. The Balaban J connectivity index is 1.28. The average Bonchev–Trinajstić information content (AvgIpc) is 3.20. The number of aliphatic hydroxyl groups excluding tert-OH is 1. The lowest BCUT2D eigenvalue weighted by atomic mass is 9.69. The third-order valence-corrected chi connectivity index (χ3v) is 8.83. The van der Waals surface area contributed by atoms with Crippen LogP contribution in [0.5, 0.6) is 0 Å². The lowest BCUT2D eigenvalue weighted by Gasteiger charge is -2.49. The molecule has 1 atom stereocenters. The van der Waals surface area contributed by atoms with Crippen LogP contribution >= 0.6 is 0 Å². The Morgan fingerprint density at radius 2 is 1.75 bits per heavy atom. The summed E-state index contributed by atoms with van der Waals surface area (Å²) in [6.45, 7) is 7.53. The monoisotopic (exact) mass is 492 g/mol. The summed E-state index contributed by atoms with van der Waals surface area (Å²) in [4.78, 5) is 25.0. The van der Waals surface area contributed by atoms with E-state index in [4.69, 9.17) is 4.98 Å². The topological polar surface area (TPSA) is 75.2 Å². The highest BCUT2D eigenvalue weighted by Crippen LogP contribution is 2.46. The Morgan fingerprint density at radius 1 is 1.08 bits per heavy atom. The maximum absolute atomic E-state index is 11.6. The number of nitrogens with one attached hydrogen (secondary N) is 1. The first-order chi connectivity index (χ1) is 17.2. The molecule has 2 aromatic rings. The standard InChI is InChI=1S/C28H40N6O2/c1-21-18-25(33-16-14-32(15-17-33)22(2)35)29-19-24(21)34-20-27(30-26(34)36)10-12-28(13-11-27,31(3)4)23-8-6-5-7-9-23/h5-9,18-19,26,30,36H,10-17,20H2,1-4H3. The lowest BCUT2D eigenvalue weighted by molar-refractivity contribution is -0.129. The predicted octanol–water partition coefficient (Wildman–Crippen LogP) is 2.51. The first-order valence-electron chi connectivity index (χ1n) is 13.2. The number of amides is 1. The minimum absolute atomic E-state index is 0.0259. The van der Waals surface area contributed by atoms with Gasteiger partial charge in [-0.05, 0) is 63.9 Å². The molecule has 1 aromatic carbocycles. The summed E-state index contributed by atoms with van der Waals surface area (Å²) in [5.74, 6) is 1.07. The molecule has 5 rings (SSSR count). The molecule has 1 unspecified atom stereocenters. The number of nitrogens with zero attached hydrogens (tertiary/aromatic N) is 5. The van der Waals surface area contributed by atoms with Crippen molar-refractivity contribution < 1.29 is 9.90 Å². The number of hydrogen-bond donors (Lipinski definition) is 2. The fourth-order valence-electron chi connectivity index (χ4n) is 6.47. The normalized spacial score (nSPS) is 28.8. The Kier molecular flexibility index (Phi) is 6.70. The largest absolute Gasteiger partial charge is 0.361 e. The molecule has 0 radical (unpaired) electrons. The van der Waals surface area contributed by atoms with Gasteiger partial charge in [0.2, 0.25) is 5.91 Å². The van der Waals surface area contributed by atoms with Gasteiger partial charge in [0, 0.05) is 50.7 Å². The first kappa shape index (κ1) is 25.0. The van der Waals surface area contributed by atoms with Crippen molar-refractivity contribution in [1.82, 2.24) is 20.1 Å². The number of hydrogen-bond acceptors (Lipinski definition) is 7. The summed E-state index contributed by atoms with van der Waals surface area (Å²) in [6, 6.07) is 13.0. The molecular weight excluding hydrogens is 452 g/mol. The van der Waals surface area contributed by atoms with Gasteiger partial charge in [-0.3, -0.25) is 15.0 Å². The average molecular weight is 493 g/mol. The number of aryl methyl sites for hydroxylation is 1. The molecule has 1 amide bonds. The molecule has 1 aromatic heterocycles. The molecule has 36 heavy (non-hydrogen) atoms. The number of anilines is 2. The van der Waals surface area contributed by atoms with E-state index in [0.29, 0.717) is 0 Å². The molecule has 1 spiro atoms. The van der Waals surface area contributed by atoms with Crippen LogP contribution in [0.4, 0.5) is 11.5 Å². The van der Waals surface area contributed by atoms with Crippen molar-refractivity contribution in [1.29, 1.82) is 0 Å². The number of benzene rings is 1. The van der Waals surface area contributed by atoms with Gasteiger partial charge < -0.3 is 19.8 Å². The van der Waals surface area contributed by atoms with Gasteiger partial charge in [0.25, 0.3) is 0 Å². The van der Waals surface area contributed by atoms with Crippen molar-refractivity contribution >= 4 is 17.4 Å². The van der Waals surface area contributed by atoms with Crippen molar-refractivity contribution in [3.8, 4) is 0 Å². The van der Waals surface area contributed by atoms with E-state index in [1.807, 2.05) is 11.1 Å². The third kappa shape index (κ3) is 4.46. The van der Waals surface area contributed by atoms with E-state index in [1.165, 1.54) is 5.56 Å². The Bertz CT molecular complexity index is 1070. The fraction of sp³-hybridized carbons (Fsp3) is 0.571. The molecular formula is C28H40N6O2. The highest BCUT2D eigenvalue weighted by molar-refractivity contribution is 5.73. The zero-order valence-electron chi connectivity index (χ0n) is 22.1. The molecule has 1 saturated carbocycles. The van der Waals surface area contributed by atoms with E-state index in [9.17, 15) is 9.90 Å². The zero-order chi connectivity index (χ0) is 25.5. The zero-order valence-corrected chi connectivity index (χ0v) is 22.1. The second-order valence-corrected chi connectivity index (χ2v) is 11.0. The molecule has 3 fully saturated rings. The molecule has 2 N–H and O–H groups in total. The van der Waals surface area contributed by atoms with Gasteiger partial charge in [-0.25, -0.2) is 4.98 Å². The van der Waals surface area contributed by atoms with Gasteiger partial charge in [0.1, 0.15) is 5.82 Å². The van der Waals surface area contributed by atoms with Gasteiger partial charge in [0.15, 0.2) is 6.35 Å². The quantitative estimate of drug-likeness (QED) is 0.679. The van der Waals surface area contributed by atoms with E-state index in [-0.39, 0.29) is 17.0 Å². The van der Waals surface area contributed by atoms with E-state index >= 15 is 0 Å². The van der Waals surface area contributed by atoms with Crippen LogP contribution in [0.3, 0.4) is 0 Å². The summed E-state index contributed by atoms with van der Waals surface area (Å²) in [6.07, 6.45) is 5.26. The molecule has 3 aliphatic rings. The van der Waals surface area contributed by atoms with Crippen LogP contribution in [0.15, 0.2) is 42.6 Å². The van der Waals surface area contributed by atoms with Crippen LogP contribution in [0.25, 0.3) is 0 Å². The van der Waals surface area contributed by atoms with Crippen molar-refractivity contribution in [2.45, 2.75) is 57.0 Å². The van der Waals surface area contributed by atoms with Crippen LogP contribution in [0.2, 0.25) is 0 Å². The second kappa shape index (κ2) is 9.65. The van der Waals surface area contributed by atoms with Crippen molar-refractivity contribution in [2.75, 3.05) is 56.6 Å². The maximum atomic E-state index is 11.6. The van der Waals surface area contributed by atoms with Crippen LogP contribution in [-0.2, 0) is 10.3 Å². The molecule has 3 heterocycles. The second-order valence-electron chi connectivity index (χ2n) is 11.0. The Hall–Kier alpha value is -2.68. The number of rotatable bonds is 4. The summed E-state index contributed by atoms with van der Waals surface area (Å²) in [5.41, 5.74) is 3.38. The van der Waals surface area contributed by atoms with Gasteiger partial charge in [-0.1, -0.05) is 30.3 Å². The lowest BCUT2D eigenvalue weighted by Crippen LogP contribution is -2.54. The molecule has 2 aliphatic heterocycles. The molecule has 0 bridgehead atoms. The minimum atomic E-state index is -0.723. The van der Waals surface area contributed by atoms with E-state index in [1.54, 1.807) is 6.92 Å². The minimum Gasteiger partial charge on any atom is -0.361 e. The summed E-state index contributed by atoms with van der Waals surface area (Å²) < 4.78 is 0. The number of pyridine rings is 1. The predicted molar refractivity (Wildman–Crippen MR) is 143 cm³/mol. The number of carbonyl (C=O) groups is 1. The fourth-order valence-corrected chi connectivity index (χ4v) is 6.47. The summed E-state index contributed by atoms with van der Waals surface area (Å²) in [5, 5.41) is 14.6. The van der Waals surface area contributed by atoms with Crippen LogP contribution in [0, 0.1) is 6.92 Å². The molecule has 194 valence electrons. The van der Waals surface area contributed by atoms with Crippen LogP contribution in [-0.4, -0.2) is 84.5 Å². The summed E-state index contributed by atoms with van der Waals surface area (Å²) >= 11 is 0. The van der Waals surface area contributed by atoms with E-state index in [2.05, 4.69) is 77.4 Å². The third-order valence-electron chi connectivity index (χ3n) is 8.83. The maximum Gasteiger partial charge on any atom is 0.219 e. The highest BCUT2D eigenvalue weighted by Gasteiger charge is 2.50. The Morgan fingerprint density at radius 3 is 2.33 bits per heavy atom. The van der Waals surface area contributed by atoms with Crippen molar-refractivity contribution in [3.05, 3.63) is 53.7 Å². The smallest absolute Gasteiger partial charge is 0.219 e. The van der Waals surface area contributed by atoms with Crippen molar-refractivity contribution in [2.24, 2.45) is 0 Å².